The van der Waals surface area contributed by atoms with Gasteiger partial charge >= 0.3 is 11.9 Å². The van der Waals surface area contributed by atoms with Crippen LogP contribution in [-0.2, 0) is 33.2 Å². The number of hydrogen-bond acceptors (Lipinski definition) is 12. The number of nitrogens with zero attached hydrogens (tertiary/aromatic N) is 1. The van der Waals surface area contributed by atoms with E-state index in [4.69, 9.17) is 28.4 Å². The third-order valence-electron chi connectivity index (χ3n) is 13.2. The molecule has 7 bridgehead atoms. The molecule has 5 unspecified atom stereocenters. The summed E-state index contributed by atoms with van der Waals surface area (Å²) in [5.41, 5.74) is -4.79. The quantitative estimate of drug-likeness (QED) is 0.323. The number of ether oxygens (including phenoxy) is 6. The van der Waals surface area contributed by atoms with Gasteiger partial charge in [0.25, 0.3) is 0 Å². The number of hydrogen-bond donors (Lipinski definition) is 3. The second-order valence-corrected chi connectivity index (χ2v) is 14.4. The van der Waals surface area contributed by atoms with Crippen molar-refractivity contribution >= 4 is 11.9 Å². The van der Waals surface area contributed by atoms with Gasteiger partial charge in [0.1, 0.15) is 23.9 Å². The molecular weight excluding hydrogens is 598 g/mol. The first-order valence-electron chi connectivity index (χ1n) is 16.3. The third kappa shape index (κ3) is 3.62. The zero-order chi connectivity index (χ0) is 33.0. The Hall–Kier alpha value is -2.16. The average molecular weight is 646 g/mol. The van der Waals surface area contributed by atoms with Gasteiger partial charge in [0.05, 0.1) is 30.5 Å². The van der Waals surface area contributed by atoms with E-state index in [1.807, 2.05) is 6.92 Å². The number of esters is 2. The monoisotopic (exact) mass is 645 g/mol. The minimum absolute atomic E-state index is 0.0791. The number of piperidine rings is 1. The molecule has 5 saturated carbocycles. The fraction of sp³-hybridized carbons (Fsp3) is 0.765. The van der Waals surface area contributed by atoms with E-state index in [0.717, 1.165) is 0 Å². The number of carbonyl (C=O) groups excluding carboxylic acids is 2. The van der Waals surface area contributed by atoms with Crippen molar-refractivity contribution in [2.24, 2.45) is 34.5 Å². The van der Waals surface area contributed by atoms with Crippen LogP contribution in [0, 0.1) is 34.5 Å². The molecule has 1 aromatic carbocycles. The summed E-state index contributed by atoms with van der Waals surface area (Å²) in [7, 11) is 6.27. The van der Waals surface area contributed by atoms with Crippen molar-refractivity contribution in [3.8, 4) is 0 Å². The Morgan fingerprint density at radius 1 is 1.00 bits per heavy atom. The maximum absolute atomic E-state index is 13.8. The number of methoxy groups -OCH3 is 4. The van der Waals surface area contributed by atoms with Crippen LogP contribution in [-0.4, -0.2) is 134 Å². The molecule has 3 N–H and O–H groups in total. The highest BCUT2D eigenvalue weighted by Crippen LogP contribution is 2.80. The molecule has 0 amide bonds. The van der Waals surface area contributed by atoms with Crippen LogP contribution in [0.15, 0.2) is 30.3 Å². The standard InChI is InChI=1S/C34H47NO11/c1-7-35-15-31(16-41-3)20(37)13-21(42-4)33-19-14-32(40)28(45-30(39)18-11-9-8-10-12-18)22(19)34(46-17(2)36,27(38)29(32)44-6)23(26(33)35)24(43-5)25(31)33/h8-12,19-29,37-38,40H,7,13-16H2,1-6H3/t19?,20-,21?,22?,23+,24?,25?,26-,27+,28-,29+,31+,32-,33+,34-/m1/s1. The molecule has 7 rings (SSSR count). The molecule has 12 nitrogen and oxygen atoms in total. The minimum Gasteiger partial charge on any atom is -0.455 e. The number of fused-ring (bicyclic) bond motifs is 2. The number of likely N-dealkylation sites (tertiary alicyclic amines) is 1. The maximum atomic E-state index is 13.8. The molecule has 1 spiro atoms. The Labute approximate surface area is 269 Å². The molecule has 0 aromatic heterocycles. The van der Waals surface area contributed by atoms with Crippen molar-refractivity contribution in [3.05, 3.63) is 35.9 Å². The van der Waals surface area contributed by atoms with E-state index >= 15 is 0 Å². The normalized spacial score (nSPS) is 49.9. The van der Waals surface area contributed by atoms with Crippen LogP contribution in [0.4, 0.5) is 0 Å². The van der Waals surface area contributed by atoms with Crippen molar-refractivity contribution in [2.45, 2.75) is 80.6 Å². The SMILES string of the molecule is CCN1C[C@@]2(COC)C3C(OC)[C@H]4[C@@H]1[C@]3(C(OC)C[C@H]2O)C1C[C@@]2(O)[C@H](OC(=O)c3ccccc3)C1[C@]4(OC(C)=O)[C@@H](O)[C@@H]2OC. The number of rotatable bonds is 9. The predicted molar refractivity (Wildman–Crippen MR) is 160 cm³/mol. The first kappa shape index (κ1) is 32.4. The Balaban J connectivity index is 1.53. The Kier molecular flexibility index (Phi) is 7.69. The Morgan fingerprint density at radius 2 is 1.72 bits per heavy atom. The van der Waals surface area contributed by atoms with Gasteiger partial charge in [-0.2, -0.15) is 0 Å². The fourth-order valence-corrected chi connectivity index (χ4v) is 12.3. The molecule has 1 heterocycles. The smallest absolute Gasteiger partial charge is 0.338 e. The van der Waals surface area contributed by atoms with Gasteiger partial charge in [0.15, 0.2) is 5.60 Å². The summed E-state index contributed by atoms with van der Waals surface area (Å²) in [6.07, 6.45) is -5.49. The molecule has 12 heteroatoms. The van der Waals surface area contributed by atoms with Gasteiger partial charge in [-0.05, 0) is 31.0 Å². The van der Waals surface area contributed by atoms with E-state index in [0.29, 0.717) is 25.1 Å². The third-order valence-corrected chi connectivity index (χ3v) is 13.2. The molecule has 5 aliphatic carbocycles. The van der Waals surface area contributed by atoms with Crippen LogP contribution in [0.1, 0.15) is 37.0 Å². The molecule has 15 atom stereocenters. The molecule has 1 aliphatic heterocycles. The van der Waals surface area contributed by atoms with Crippen LogP contribution in [0.25, 0.3) is 0 Å². The highest BCUT2D eigenvalue weighted by Gasteiger charge is 2.92. The first-order valence-corrected chi connectivity index (χ1v) is 16.3. The zero-order valence-electron chi connectivity index (χ0n) is 27.3. The van der Waals surface area contributed by atoms with Gasteiger partial charge in [-0.25, -0.2) is 4.79 Å². The van der Waals surface area contributed by atoms with Crippen LogP contribution < -0.4 is 0 Å². The second kappa shape index (κ2) is 10.9. The Morgan fingerprint density at radius 3 is 2.30 bits per heavy atom. The van der Waals surface area contributed by atoms with Crippen LogP contribution in [0.3, 0.4) is 0 Å². The van der Waals surface area contributed by atoms with Crippen LogP contribution in [0.5, 0.6) is 0 Å². The number of carbonyl (C=O) groups is 2. The van der Waals surface area contributed by atoms with E-state index in [2.05, 4.69) is 4.90 Å². The maximum Gasteiger partial charge on any atom is 0.338 e. The minimum atomic E-state index is -1.83. The largest absolute Gasteiger partial charge is 0.455 e. The van der Waals surface area contributed by atoms with E-state index < -0.39 is 88.3 Å². The number of benzene rings is 1. The lowest BCUT2D eigenvalue weighted by Gasteiger charge is -2.70. The summed E-state index contributed by atoms with van der Waals surface area (Å²) in [5, 5.41) is 37.3. The summed E-state index contributed by atoms with van der Waals surface area (Å²) >= 11 is 0. The van der Waals surface area contributed by atoms with Gasteiger partial charge in [-0.3, -0.25) is 9.69 Å². The van der Waals surface area contributed by atoms with Crippen molar-refractivity contribution < 1.29 is 53.3 Å². The lowest BCUT2D eigenvalue weighted by molar-refractivity contribution is -0.322. The van der Waals surface area contributed by atoms with Gasteiger partial charge in [-0.15, -0.1) is 0 Å². The molecule has 1 aromatic rings. The summed E-state index contributed by atoms with van der Waals surface area (Å²) in [6, 6.07) is 8.18. The van der Waals surface area contributed by atoms with Gasteiger partial charge in [-0.1, -0.05) is 25.1 Å². The van der Waals surface area contributed by atoms with Crippen LogP contribution in [0.2, 0.25) is 0 Å². The Bertz CT molecular complexity index is 1360. The lowest BCUT2D eigenvalue weighted by atomic mass is 9.42. The second-order valence-electron chi connectivity index (χ2n) is 14.4. The zero-order valence-corrected chi connectivity index (χ0v) is 27.3. The number of aliphatic hydroxyl groups is 3. The van der Waals surface area contributed by atoms with E-state index in [9.17, 15) is 24.9 Å². The molecule has 6 fully saturated rings. The molecular formula is C34H47NO11. The summed E-state index contributed by atoms with van der Waals surface area (Å²) in [4.78, 5) is 29.3. The van der Waals surface area contributed by atoms with E-state index in [1.165, 1.54) is 14.0 Å². The van der Waals surface area contributed by atoms with E-state index in [1.54, 1.807) is 51.7 Å². The number of aliphatic hydroxyl groups excluding tert-OH is 2. The summed E-state index contributed by atoms with van der Waals surface area (Å²) in [5.74, 6) is -3.65. The predicted octanol–water partition coefficient (Wildman–Crippen LogP) is 0.648. The summed E-state index contributed by atoms with van der Waals surface area (Å²) in [6.45, 7) is 4.68. The van der Waals surface area contributed by atoms with Crippen molar-refractivity contribution in [1.82, 2.24) is 4.90 Å². The van der Waals surface area contributed by atoms with Crippen molar-refractivity contribution in [2.75, 3.05) is 48.1 Å². The molecule has 6 aliphatic rings. The average Bonchev–Trinajstić information content (AvgIpc) is 3.41. The highest BCUT2D eigenvalue weighted by atomic mass is 16.6. The van der Waals surface area contributed by atoms with Gasteiger partial charge in [0, 0.05) is 83.0 Å². The molecule has 254 valence electrons. The van der Waals surface area contributed by atoms with Crippen LogP contribution >= 0.6 is 0 Å². The molecule has 0 radical (unpaired) electrons. The topological polar surface area (TPSA) is 153 Å². The van der Waals surface area contributed by atoms with Gasteiger partial charge in [0.2, 0.25) is 0 Å². The van der Waals surface area contributed by atoms with Crippen molar-refractivity contribution in [3.63, 3.8) is 0 Å². The van der Waals surface area contributed by atoms with Crippen molar-refractivity contribution in [1.29, 1.82) is 0 Å². The first-order chi connectivity index (χ1) is 22.0. The van der Waals surface area contributed by atoms with Gasteiger partial charge < -0.3 is 43.7 Å². The molecule has 1 saturated heterocycles. The summed E-state index contributed by atoms with van der Waals surface area (Å²) < 4.78 is 37.4. The van der Waals surface area contributed by atoms with E-state index in [-0.39, 0.29) is 25.0 Å². The highest BCUT2D eigenvalue weighted by molar-refractivity contribution is 5.89. The fourth-order valence-electron chi connectivity index (χ4n) is 12.3. The lowest BCUT2D eigenvalue weighted by Crippen LogP contribution is -2.81. The molecule has 46 heavy (non-hydrogen) atoms.